The summed E-state index contributed by atoms with van der Waals surface area (Å²) in [6, 6.07) is 15.1. The van der Waals surface area contributed by atoms with Crippen LogP contribution in [-0.4, -0.2) is 22.4 Å². The lowest BCUT2D eigenvalue weighted by molar-refractivity contribution is 0.0953. The number of nitrogens with zero attached hydrogens (tertiary/aromatic N) is 2. The van der Waals surface area contributed by atoms with Crippen molar-refractivity contribution in [2.24, 2.45) is 0 Å². The third-order valence-corrected chi connectivity index (χ3v) is 3.74. The standard InChI is InChI=1S/C20H19FN4O/c1-2-10-22-20(26)15-4-3-5-17(11-15)25-19-12-18(23-13-24-19)14-6-8-16(21)9-7-14/h3-9,11-13H,2,10H2,1H3,(H,22,26)(H,23,24,25). The maximum Gasteiger partial charge on any atom is 0.251 e. The van der Waals surface area contributed by atoms with E-state index in [2.05, 4.69) is 20.6 Å². The van der Waals surface area contributed by atoms with Gasteiger partial charge in [-0.25, -0.2) is 14.4 Å². The molecule has 1 aromatic heterocycles. The number of anilines is 2. The first-order valence-corrected chi connectivity index (χ1v) is 8.39. The molecule has 3 aromatic rings. The SMILES string of the molecule is CCCNC(=O)c1cccc(Nc2cc(-c3ccc(F)cc3)ncn2)c1. The zero-order chi connectivity index (χ0) is 18.4. The highest BCUT2D eigenvalue weighted by atomic mass is 19.1. The van der Waals surface area contributed by atoms with E-state index < -0.39 is 0 Å². The number of halogens is 1. The number of aromatic nitrogens is 2. The van der Waals surface area contributed by atoms with E-state index in [1.165, 1.54) is 18.5 Å². The fraction of sp³-hybridized carbons (Fsp3) is 0.150. The first-order valence-electron chi connectivity index (χ1n) is 8.39. The van der Waals surface area contributed by atoms with Crippen molar-refractivity contribution in [1.82, 2.24) is 15.3 Å². The average Bonchev–Trinajstić information content (AvgIpc) is 2.67. The largest absolute Gasteiger partial charge is 0.352 e. The van der Waals surface area contributed by atoms with Crippen molar-refractivity contribution in [1.29, 1.82) is 0 Å². The van der Waals surface area contributed by atoms with Crippen LogP contribution in [0, 0.1) is 5.82 Å². The summed E-state index contributed by atoms with van der Waals surface area (Å²) in [6.07, 6.45) is 2.33. The lowest BCUT2D eigenvalue weighted by atomic mass is 10.1. The van der Waals surface area contributed by atoms with Crippen LogP contribution in [0.1, 0.15) is 23.7 Å². The van der Waals surface area contributed by atoms with Crippen molar-refractivity contribution in [2.45, 2.75) is 13.3 Å². The Bertz CT molecular complexity index is 896. The second-order valence-corrected chi connectivity index (χ2v) is 5.76. The van der Waals surface area contributed by atoms with Crippen LogP contribution in [-0.2, 0) is 0 Å². The van der Waals surface area contributed by atoms with Crippen LogP contribution in [0.15, 0.2) is 60.9 Å². The minimum atomic E-state index is -0.292. The summed E-state index contributed by atoms with van der Waals surface area (Å²) in [5.41, 5.74) is 2.80. The summed E-state index contributed by atoms with van der Waals surface area (Å²) >= 11 is 0. The molecule has 0 spiro atoms. The Balaban J connectivity index is 1.78. The van der Waals surface area contributed by atoms with E-state index in [1.807, 2.05) is 19.1 Å². The minimum Gasteiger partial charge on any atom is -0.352 e. The third-order valence-electron chi connectivity index (χ3n) is 3.74. The molecule has 0 aliphatic rings. The van der Waals surface area contributed by atoms with Gasteiger partial charge in [0.2, 0.25) is 0 Å². The summed E-state index contributed by atoms with van der Waals surface area (Å²) in [6.45, 7) is 2.65. The van der Waals surface area contributed by atoms with Crippen LogP contribution < -0.4 is 10.6 Å². The molecule has 0 saturated heterocycles. The Kier molecular flexibility index (Phi) is 5.53. The van der Waals surface area contributed by atoms with Crippen LogP contribution in [0.4, 0.5) is 15.9 Å². The zero-order valence-corrected chi connectivity index (χ0v) is 14.4. The van der Waals surface area contributed by atoms with Gasteiger partial charge in [0.15, 0.2) is 0 Å². The molecule has 0 atom stereocenters. The fourth-order valence-electron chi connectivity index (χ4n) is 2.43. The second kappa shape index (κ2) is 8.20. The lowest BCUT2D eigenvalue weighted by Gasteiger charge is -2.09. The molecule has 0 aliphatic heterocycles. The fourth-order valence-corrected chi connectivity index (χ4v) is 2.43. The summed E-state index contributed by atoms with van der Waals surface area (Å²) in [7, 11) is 0. The van der Waals surface area contributed by atoms with Crippen LogP contribution in [0.3, 0.4) is 0 Å². The molecule has 3 rings (SSSR count). The highest BCUT2D eigenvalue weighted by molar-refractivity contribution is 5.95. The van der Waals surface area contributed by atoms with Gasteiger partial charge in [-0.2, -0.15) is 0 Å². The van der Waals surface area contributed by atoms with Gasteiger partial charge in [0.05, 0.1) is 5.69 Å². The normalized spacial score (nSPS) is 10.4. The number of hydrogen-bond acceptors (Lipinski definition) is 4. The average molecular weight is 350 g/mol. The van der Waals surface area contributed by atoms with Gasteiger partial charge in [-0.1, -0.05) is 13.0 Å². The first-order chi connectivity index (χ1) is 12.7. The Morgan fingerprint density at radius 2 is 1.88 bits per heavy atom. The van der Waals surface area contributed by atoms with Crippen molar-refractivity contribution >= 4 is 17.4 Å². The predicted octanol–water partition coefficient (Wildman–Crippen LogP) is 4.17. The van der Waals surface area contributed by atoms with E-state index in [1.54, 1.807) is 30.3 Å². The Morgan fingerprint density at radius 3 is 2.65 bits per heavy atom. The summed E-state index contributed by atoms with van der Waals surface area (Å²) in [5.74, 6) is 0.190. The van der Waals surface area contributed by atoms with E-state index in [-0.39, 0.29) is 11.7 Å². The highest BCUT2D eigenvalue weighted by Crippen LogP contribution is 2.21. The number of carbonyl (C=O) groups excluding carboxylic acids is 1. The second-order valence-electron chi connectivity index (χ2n) is 5.76. The molecule has 5 nitrogen and oxygen atoms in total. The number of hydrogen-bond donors (Lipinski definition) is 2. The molecule has 2 N–H and O–H groups in total. The van der Waals surface area contributed by atoms with Crippen molar-refractivity contribution < 1.29 is 9.18 Å². The molecule has 1 amide bonds. The summed E-state index contributed by atoms with van der Waals surface area (Å²) in [5, 5.41) is 6.02. The molecular formula is C20H19FN4O. The Labute approximate surface area is 151 Å². The molecule has 0 bridgehead atoms. The minimum absolute atomic E-state index is 0.106. The molecule has 132 valence electrons. The van der Waals surface area contributed by atoms with Gasteiger partial charge >= 0.3 is 0 Å². The third kappa shape index (κ3) is 4.42. The van der Waals surface area contributed by atoms with Crippen molar-refractivity contribution in [3.05, 3.63) is 72.3 Å². The quantitative estimate of drug-likeness (QED) is 0.700. The molecule has 0 saturated carbocycles. The number of nitrogens with one attached hydrogen (secondary N) is 2. The molecule has 2 aromatic carbocycles. The Morgan fingerprint density at radius 1 is 1.08 bits per heavy atom. The topological polar surface area (TPSA) is 66.9 Å². The zero-order valence-electron chi connectivity index (χ0n) is 14.4. The van der Waals surface area contributed by atoms with Gasteiger partial charge in [-0.05, 0) is 48.9 Å². The lowest BCUT2D eigenvalue weighted by Crippen LogP contribution is -2.23. The number of rotatable bonds is 6. The van der Waals surface area contributed by atoms with E-state index in [4.69, 9.17) is 0 Å². The van der Waals surface area contributed by atoms with Crippen LogP contribution in [0.5, 0.6) is 0 Å². The van der Waals surface area contributed by atoms with E-state index in [0.29, 0.717) is 23.6 Å². The van der Waals surface area contributed by atoms with Gasteiger partial charge in [0.25, 0.3) is 5.91 Å². The molecule has 26 heavy (non-hydrogen) atoms. The monoisotopic (exact) mass is 350 g/mol. The Hall–Kier alpha value is -3.28. The molecule has 0 unspecified atom stereocenters. The number of amides is 1. The summed E-state index contributed by atoms with van der Waals surface area (Å²) in [4.78, 5) is 20.5. The maximum absolute atomic E-state index is 13.1. The van der Waals surface area contributed by atoms with E-state index in [0.717, 1.165) is 17.7 Å². The predicted molar refractivity (Wildman–Crippen MR) is 99.8 cm³/mol. The van der Waals surface area contributed by atoms with E-state index in [9.17, 15) is 9.18 Å². The van der Waals surface area contributed by atoms with Crippen molar-refractivity contribution in [3.8, 4) is 11.3 Å². The molecule has 0 fully saturated rings. The van der Waals surface area contributed by atoms with Crippen LogP contribution in [0.2, 0.25) is 0 Å². The van der Waals surface area contributed by atoms with Gasteiger partial charge in [0.1, 0.15) is 18.0 Å². The number of carbonyl (C=O) groups is 1. The summed E-state index contributed by atoms with van der Waals surface area (Å²) < 4.78 is 13.1. The van der Waals surface area contributed by atoms with Crippen molar-refractivity contribution in [3.63, 3.8) is 0 Å². The van der Waals surface area contributed by atoms with Gasteiger partial charge in [0, 0.05) is 29.4 Å². The maximum atomic E-state index is 13.1. The smallest absolute Gasteiger partial charge is 0.251 e. The van der Waals surface area contributed by atoms with Gasteiger partial charge in [-0.15, -0.1) is 0 Å². The van der Waals surface area contributed by atoms with Gasteiger partial charge in [-0.3, -0.25) is 4.79 Å². The first kappa shape index (κ1) is 17.5. The molecular weight excluding hydrogens is 331 g/mol. The molecule has 0 aliphatic carbocycles. The van der Waals surface area contributed by atoms with Crippen LogP contribution in [0.25, 0.3) is 11.3 Å². The number of benzene rings is 2. The molecule has 0 radical (unpaired) electrons. The van der Waals surface area contributed by atoms with E-state index >= 15 is 0 Å². The molecule has 6 heteroatoms. The van der Waals surface area contributed by atoms with Crippen LogP contribution >= 0.6 is 0 Å². The molecule has 1 heterocycles. The van der Waals surface area contributed by atoms with Crippen molar-refractivity contribution in [2.75, 3.05) is 11.9 Å². The van der Waals surface area contributed by atoms with Gasteiger partial charge < -0.3 is 10.6 Å². The highest BCUT2D eigenvalue weighted by Gasteiger charge is 2.07.